The summed E-state index contributed by atoms with van der Waals surface area (Å²) in [6.07, 6.45) is 4.66. The molecule has 31 heavy (non-hydrogen) atoms. The van der Waals surface area contributed by atoms with Crippen LogP contribution in [0.15, 0.2) is 30.3 Å². The van der Waals surface area contributed by atoms with Crippen molar-refractivity contribution in [1.29, 1.82) is 0 Å². The summed E-state index contributed by atoms with van der Waals surface area (Å²) in [6, 6.07) is 9.84. The zero-order valence-electron chi connectivity index (χ0n) is 18.4. The third-order valence-corrected chi connectivity index (χ3v) is 8.88. The molecule has 166 valence electrons. The highest BCUT2D eigenvalue weighted by Gasteiger charge is 2.57. The van der Waals surface area contributed by atoms with Gasteiger partial charge in [0.2, 0.25) is 17.7 Å². The lowest BCUT2D eigenvalue weighted by molar-refractivity contribution is -0.150. The first kappa shape index (κ1) is 20.5. The lowest BCUT2D eigenvalue weighted by Gasteiger charge is -2.57. The van der Waals surface area contributed by atoms with Gasteiger partial charge in [0, 0.05) is 18.5 Å². The quantitative estimate of drug-likeness (QED) is 0.713. The van der Waals surface area contributed by atoms with Gasteiger partial charge in [-0.15, -0.1) is 0 Å². The van der Waals surface area contributed by atoms with E-state index in [4.69, 9.17) is 5.73 Å². The van der Waals surface area contributed by atoms with Gasteiger partial charge in [-0.1, -0.05) is 30.3 Å². The smallest absolute Gasteiger partial charge is 0.238 e. The number of benzene rings is 1. The molecule has 3 N–H and O–H groups in total. The fourth-order valence-electron chi connectivity index (χ4n) is 7.25. The van der Waals surface area contributed by atoms with Crippen LogP contribution < -0.4 is 11.1 Å². The highest BCUT2D eigenvalue weighted by molar-refractivity contribution is 6.06. The first-order valence-corrected chi connectivity index (χ1v) is 11.8. The monoisotopic (exact) mass is 423 g/mol. The van der Waals surface area contributed by atoms with Crippen molar-refractivity contribution in [3.63, 3.8) is 0 Å². The zero-order valence-corrected chi connectivity index (χ0v) is 18.4. The van der Waals surface area contributed by atoms with Crippen molar-refractivity contribution in [1.82, 2.24) is 10.2 Å². The Balaban J connectivity index is 1.32. The fourth-order valence-corrected chi connectivity index (χ4v) is 7.25. The van der Waals surface area contributed by atoms with Crippen LogP contribution in [0, 0.1) is 35.0 Å². The third-order valence-electron chi connectivity index (χ3n) is 8.88. The van der Waals surface area contributed by atoms with E-state index in [0.717, 1.165) is 31.2 Å². The van der Waals surface area contributed by atoms with Gasteiger partial charge in [-0.25, -0.2) is 0 Å². The molecule has 1 heterocycles. The van der Waals surface area contributed by atoms with Crippen molar-refractivity contribution >= 4 is 17.7 Å². The number of nitrogens with zero attached hydrogens (tertiary/aromatic N) is 1. The molecule has 6 nitrogen and oxygen atoms in total. The second-order valence-electron chi connectivity index (χ2n) is 10.6. The highest BCUT2D eigenvalue weighted by atomic mass is 16.2. The van der Waals surface area contributed by atoms with Gasteiger partial charge in [-0.05, 0) is 75.2 Å². The van der Waals surface area contributed by atoms with Crippen LogP contribution in [0.3, 0.4) is 0 Å². The van der Waals surface area contributed by atoms with E-state index >= 15 is 0 Å². The zero-order chi connectivity index (χ0) is 21.9. The minimum absolute atomic E-state index is 0.0389. The Morgan fingerprint density at radius 2 is 1.84 bits per heavy atom. The Bertz CT molecular complexity index is 903. The summed E-state index contributed by atoms with van der Waals surface area (Å²) in [5, 5.41) is 3.26. The molecule has 5 aliphatic rings. The van der Waals surface area contributed by atoms with Gasteiger partial charge >= 0.3 is 0 Å². The molecule has 6 heteroatoms. The number of hydrogen-bond acceptors (Lipinski definition) is 3. The van der Waals surface area contributed by atoms with Gasteiger partial charge in [-0.2, -0.15) is 0 Å². The van der Waals surface area contributed by atoms with Crippen LogP contribution in [0.2, 0.25) is 0 Å². The number of nitrogens with two attached hydrogens (primary N) is 1. The number of rotatable bonds is 5. The molecule has 1 aromatic carbocycles. The first-order valence-electron chi connectivity index (χ1n) is 11.8. The highest BCUT2D eigenvalue weighted by Crippen LogP contribution is 2.56. The molecule has 1 aliphatic heterocycles. The molecule has 0 aromatic heterocycles. The summed E-state index contributed by atoms with van der Waals surface area (Å²) >= 11 is 0. The average Bonchev–Trinajstić information content (AvgIpc) is 3.06. The molecule has 1 aromatic rings. The number of carbonyl (C=O) groups excluding carboxylic acids is 3. The Kier molecular flexibility index (Phi) is 4.87. The van der Waals surface area contributed by atoms with E-state index in [0.29, 0.717) is 30.7 Å². The summed E-state index contributed by atoms with van der Waals surface area (Å²) in [4.78, 5) is 40.9. The van der Waals surface area contributed by atoms with E-state index in [2.05, 4.69) is 5.32 Å². The molecule has 3 amide bonds. The summed E-state index contributed by atoms with van der Waals surface area (Å²) in [5.74, 6) is 0.914. The van der Waals surface area contributed by atoms with Crippen LogP contribution in [0.25, 0.3) is 0 Å². The molecular weight excluding hydrogens is 390 g/mol. The number of hydrogen-bond donors (Lipinski definition) is 2. The van der Waals surface area contributed by atoms with Gasteiger partial charge in [-0.3, -0.25) is 14.4 Å². The van der Waals surface area contributed by atoms with Crippen molar-refractivity contribution < 1.29 is 14.4 Å². The topological polar surface area (TPSA) is 92.5 Å². The van der Waals surface area contributed by atoms with Crippen LogP contribution in [0.1, 0.15) is 57.6 Å². The average molecular weight is 424 g/mol. The maximum absolute atomic E-state index is 13.5. The van der Waals surface area contributed by atoms with Crippen LogP contribution in [-0.2, 0) is 14.4 Å². The molecule has 0 spiro atoms. The van der Waals surface area contributed by atoms with E-state index in [-0.39, 0.29) is 41.6 Å². The Labute approximate surface area is 183 Å². The fraction of sp³-hybridized carbons (Fsp3) is 0.640. The Hall–Kier alpha value is -2.37. The Morgan fingerprint density at radius 3 is 2.55 bits per heavy atom. The second kappa shape index (κ2) is 7.35. The molecule has 7 unspecified atom stereocenters. The predicted molar refractivity (Wildman–Crippen MR) is 116 cm³/mol. The summed E-state index contributed by atoms with van der Waals surface area (Å²) in [5.41, 5.74) is 5.79. The number of primary amides is 1. The normalized spacial score (nSPS) is 39.5. The Morgan fingerprint density at radius 1 is 1.13 bits per heavy atom. The van der Waals surface area contributed by atoms with Crippen LogP contribution in [0.4, 0.5) is 0 Å². The van der Waals surface area contributed by atoms with E-state index in [1.165, 1.54) is 0 Å². The maximum atomic E-state index is 13.5. The van der Waals surface area contributed by atoms with Gasteiger partial charge in [0.15, 0.2) is 0 Å². The number of nitrogens with one attached hydrogen (secondary N) is 1. The van der Waals surface area contributed by atoms with Gasteiger partial charge in [0.1, 0.15) is 5.41 Å². The van der Waals surface area contributed by atoms with E-state index in [1.807, 2.05) is 42.2 Å². The molecule has 4 saturated carbocycles. The third kappa shape index (κ3) is 3.17. The lowest BCUT2D eigenvalue weighted by atomic mass is 9.49. The van der Waals surface area contributed by atoms with Crippen LogP contribution >= 0.6 is 0 Å². The molecule has 4 aliphatic carbocycles. The number of carbonyl (C=O) groups is 3. The van der Waals surface area contributed by atoms with E-state index in [9.17, 15) is 14.4 Å². The number of amides is 3. The van der Waals surface area contributed by atoms with Crippen molar-refractivity contribution in [2.45, 2.75) is 58.0 Å². The standard InChI is InChI=1S/C25H33N3O3/c1-14(16-6-4-3-5-7-16)28-9-8-25(2,24(28)31)23(30)27-21-18-11-15-10-17(13-18)20(22(26)29)19(21)12-15/h3-7,14-15,17-21H,8-13H2,1-2H3,(H2,26,29)(H,27,30)/t14-,15?,17?,18?,19?,20?,21?,25?/m1/s1. The first-order chi connectivity index (χ1) is 14.8. The lowest BCUT2D eigenvalue weighted by Crippen LogP contribution is -2.63. The minimum atomic E-state index is -1.06. The summed E-state index contributed by atoms with van der Waals surface area (Å²) in [7, 11) is 0. The molecule has 1 saturated heterocycles. The second-order valence-corrected chi connectivity index (χ2v) is 10.6. The van der Waals surface area contributed by atoms with Crippen molar-refractivity contribution in [2.24, 2.45) is 40.7 Å². The van der Waals surface area contributed by atoms with Gasteiger partial charge < -0.3 is 16.0 Å². The van der Waals surface area contributed by atoms with E-state index < -0.39 is 5.41 Å². The van der Waals surface area contributed by atoms with Crippen molar-refractivity contribution in [2.75, 3.05) is 6.54 Å². The van der Waals surface area contributed by atoms with Crippen molar-refractivity contribution in [3.8, 4) is 0 Å². The maximum Gasteiger partial charge on any atom is 0.238 e. The largest absolute Gasteiger partial charge is 0.369 e. The molecular formula is C25H33N3O3. The SMILES string of the molecule is C[C@H](c1ccccc1)N1CCC(C)(C(=O)NC2C3CC4CC(C3)C(C(N)=O)C2C4)C1=O. The molecule has 4 bridgehead atoms. The van der Waals surface area contributed by atoms with Crippen molar-refractivity contribution in [3.05, 3.63) is 35.9 Å². The number of likely N-dealkylation sites (tertiary alicyclic amines) is 1. The van der Waals surface area contributed by atoms with E-state index in [1.54, 1.807) is 6.92 Å². The minimum Gasteiger partial charge on any atom is -0.369 e. The summed E-state index contributed by atoms with van der Waals surface area (Å²) in [6.45, 7) is 4.38. The van der Waals surface area contributed by atoms with Crippen LogP contribution in [-0.4, -0.2) is 35.2 Å². The van der Waals surface area contributed by atoms with Crippen LogP contribution in [0.5, 0.6) is 0 Å². The van der Waals surface area contributed by atoms with Gasteiger partial charge in [0.25, 0.3) is 0 Å². The summed E-state index contributed by atoms with van der Waals surface area (Å²) < 4.78 is 0. The molecule has 5 fully saturated rings. The van der Waals surface area contributed by atoms with Gasteiger partial charge in [0.05, 0.1) is 6.04 Å². The molecule has 8 atom stereocenters. The molecule has 6 rings (SSSR count). The predicted octanol–water partition coefficient (Wildman–Crippen LogP) is 2.64. The molecule has 0 radical (unpaired) electrons.